The lowest BCUT2D eigenvalue weighted by Crippen LogP contribution is -2.45. The number of nitrogens with two attached hydrogens (primary N) is 2. The first-order chi connectivity index (χ1) is 7.88. The number of benzene rings is 1. The molecule has 1 unspecified atom stereocenters. The van der Waals surface area contributed by atoms with Crippen molar-refractivity contribution in [3.63, 3.8) is 0 Å². The number of hydrogen-bond acceptors (Lipinski definition) is 3. The van der Waals surface area contributed by atoms with Crippen LogP contribution in [0.2, 0.25) is 0 Å². The molecule has 0 saturated carbocycles. The number of hydrazine groups is 1. The molecule has 0 aromatic heterocycles. The largest absolute Gasteiger partial charge is 0.320 e. The topological polar surface area (TPSA) is 81.1 Å². The minimum Gasteiger partial charge on any atom is -0.320 e. The molecular weight excluding hydrogens is 214 g/mol. The van der Waals surface area contributed by atoms with Gasteiger partial charge in [0.25, 0.3) is 5.91 Å². The number of carbonyl (C=O) groups excluding carboxylic acids is 1. The van der Waals surface area contributed by atoms with Gasteiger partial charge in [0.1, 0.15) is 0 Å². The highest BCUT2D eigenvalue weighted by atomic mass is 16.2. The molecule has 94 valence electrons. The lowest BCUT2D eigenvalue weighted by atomic mass is 9.90. The Morgan fingerprint density at radius 2 is 1.71 bits per heavy atom. The Labute approximate surface area is 102 Å². The average molecular weight is 235 g/mol. The van der Waals surface area contributed by atoms with Crippen molar-refractivity contribution < 1.29 is 4.79 Å². The molecular formula is C13H21N3O. The summed E-state index contributed by atoms with van der Waals surface area (Å²) in [6.07, 6.45) is 0.517. The van der Waals surface area contributed by atoms with E-state index in [-0.39, 0.29) is 5.91 Å². The van der Waals surface area contributed by atoms with Gasteiger partial charge in [-0.1, -0.05) is 6.07 Å². The van der Waals surface area contributed by atoms with Gasteiger partial charge in [0.15, 0.2) is 0 Å². The van der Waals surface area contributed by atoms with E-state index in [1.165, 1.54) is 22.3 Å². The molecule has 0 bridgehead atoms. The van der Waals surface area contributed by atoms with Gasteiger partial charge in [-0.05, 0) is 61.9 Å². The van der Waals surface area contributed by atoms with Crippen molar-refractivity contribution in [2.75, 3.05) is 0 Å². The van der Waals surface area contributed by atoms with Crippen LogP contribution in [0, 0.1) is 27.7 Å². The fourth-order valence-electron chi connectivity index (χ4n) is 2.02. The van der Waals surface area contributed by atoms with Gasteiger partial charge in [-0.25, -0.2) is 5.84 Å². The highest BCUT2D eigenvalue weighted by molar-refractivity contribution is 5.81. The van der Waals surface area contributed by atoms with Crippen LogP contribution in [-0.2, 0) is 11.2 Å². The molecule has 4 nitrogen and oxygen atoms in total. The van der Waals surface area contributed by atoms with E-state index in [2.05, 4.69) is 39.2 Å². The van der Waals surface area contributed by atoms with Crippen molar-refractivity contribution in [1.29, 1.82) is 0 Å². The summed E-state index contributed by atoms with van der Waals surface area (Å²) in [5.74, 6) is 4.75. The van der Waals surface area contributed by atoms with Crippen molar-refractivity contribution >= 4 is 5.91 Å². The van der Waals surface area contributed by atoms with E-state index < -0.39 is 6.04 Å². The molecule has 4 heteroatoms. The lowest BCUT2D eigenvalue weighted by Gasteiger charge is -2.18. The van der Waals surface area contributed by atoms with Gasteiger partial charge in [-0.15, -0.1) is 0 Å². The minimum absolute atomic E-state index is 0.331. The number of amides is 1. The predicted octanol–water partition coefficient (Wildman–Crippen LogP) is 0.780. The summed E-state index contributed by atoms with van der Waals surface area (Å²) >= 11 is 0. The van der Waals surface area contributed by atoms with E-state index in [1.807, 2.05) is 0 Å². The Bertz CT molecular complexity index is 415. The smallest absolute Gasteiger partial charge is 0.251 e. The molecule has 0 saturated heterocycles. The standard InChI is InChI=1S/C13H21N3O/c1-7-5-8(2)10(4)11(9(7)3)6-12(14)13(17)16-15/h5,12H,6,14-15H2,1-4H3,(H,16,17). The molecule has 17 heavy (non-hydrogen) atoms. The normalized spacial score (nSPS) is 12.4. The second kappa shape index (κ2) is 5.29. The second-order valence-corrected chi connectivity index (χ2v) is 4.56. The van der Waals surface area contributed by atoms with Crippen LogP contribution in [0.3, 0.4) is 0 Å². The Morgan fingerprint density at radius 1 is 1.24 bits per heavy atom. The SMILES string of the molecule is Cc1cc(C)c(C)c(CC(N)C(=O)NN)c1C. The fourth-order valence-corrected chi connectivity index (χ4v) is 2.02. The molecule has 1 atom stereocenters. The number of hydrogen-bond donors (Lipinski definition) is 3. The van der Waals surface area contributed by atoms with Crippen LogP contribution >= 0.6 is 0 Å². The van der Waals surface area contributed by atoms with E-state index in [1.54, 1.807) is 0 Å². The number of aryl methyl sites for hydroxylation is 2. The molecule has 1 aromatic carbocycles. The zero-order valence-corrected chi connectivity index (χ0v) is 10.9. The van der Waals surface area contributed by atoms with E-state index in [0.717, 1.165) is 5.56 Å². The van der Waals surface area contributed by atoms with Crippen LogP contribution in [0.5, 0.6) is 0 Å². The van der Waals surface area contributed by atoms with Gasteiger partial charge >= 0.3 is 0 Å². The Morgan fingerprint density at radius 3 is 2.12 bits per heavy atom. The summed E-state index contributed by atoms with van der Waals surface area (Å²) in [5, 5.41) is 0. The van der Waals surface area contributed by atoms with E-state index in [9.17, 15) is 4.79 Å². The van der Waals surface area contributed by atoms with Gasteiger partial charge < -0.3 is 5.73 Å². The molecule has 0 aliphatic carbocycles. The first-order valence-corrected chi connectivity index (χ1v) is 5.70. The van der Waals surface area contributed by atoms with E-state index in [4.69, 9.17) is 11.6 Å². The van der Waals surface area contributed by atoms with Crippen molar-refractivity contribution in [3.05, 3.63) is 33.9 Å². The molecule has 1 amide bonds. The van der Waals surface area contributed by atoms with Gasteiger partial charge in [0.05, 0.1) is 6.04 Å². The molecule has 0 heterocycles. The quantitative estimate of drug-likeness (QED) is 0.411. The lowest BCUT2D eigenvalue weighted by molar-refractivity contribution is -0.122. The summed E-state index contributed by atoms with van der Waals surface area (Å²) in [6.45, 7) is 8.26. The Balaban J connectivity index is 3.10. The average Bonchev–Trinajstić information content (AvgIpc) is 2.30. The maximum absolute atomic E-state index is 11.3. The second-order valence-electron chi connectivity index (χ2n) is 4.56. The van der Waals surface area contributed by atoms with E-state index >= 15 is 0 Å². The summed E-state index contributed by atoms with van der Waals surface area (Å²) in [4.78, 5) is 11.3. The van der Waals surface area contributed by atoms with Gasteiger partial charge in [-0.2, -0.15) is 0 Å². The van der Waals surface area contributed by atoms with Crippen molar-refractivity contribution in [1.82, 2.24) is 5.43 Å². The summed E-state index contributed by atoms with van der Waals surface area (Å²) in [5.41, 5.74) is 13.9. The molecule has 0 radical (unpaired) electrons. The molecule has 0 spiro atoms. The predicted molar refractivity (Wildman–Crippen MR) is 69.4 cm³/mol. The van der Waals surface area contributed by atoms with Crippen LogP contribution in [0.1, 0.15) is 27.8 Å². The third-order valence-electron chi connectivity index (χ3n) is 3.42. The van der Waals surface area contributed by atoms with Crippen molar-refractivity contribution in [3.8, 4) is 0 Å². The molecule has 0 aliphatic heterocycles. The zero-order chi connectivity index (χ0) is 13.2. The summed E-state index contributed by atoms with van der Waals surface area (Å²) < 4.78 is 0. The number of nitrogens with one attached hydrogen (secondary N) is 1. The Hall–Kier alpha value is -1.39. The molecule has 0 fully saturated rings. The zero-order valence-electron chi connectivity index (χ0n) is 10.9. The van der Waals surface area contributed by atoms with Gasteiger partial charge in [0.2, 0.25) is 0 Å². The van der Waals surface area contributed by atoms with Crippen molar-refractivity contribution in [2.45, 2.75) is 40.2 Å². The third kappa shape index (κ3) is 2.84. The van der Waals surface area contributed by atoms with Crippen LogP contribution in [0.4, 0.5) is 0 Å². The third-order valence-corrected chi connectivity index (χ3v) is 3.42. The Kier molecular flexibility index (Phi) is 4.26. The molecule has 0 aliphatic rings. The highest BCUT2D eigenvalue weighted by Gasteiger charge is 2.16. The van der Waals surface area contributed by atoms with Crippen LogP contribution < -0.4 is 17.0 Å². The number of carbonyl (C=O) groups is 1. The molecule has 5 N–H and O–H groups in total. The maximum atomic E-state index is 11.3. The fraction of sp³-hybridized carbons (Fsp3) is 0.462. The van der Waals surface area contributed by atoms with Crippen LogP contribution in [0.25, 0.3) is 0 Å². The number of rotatable bonds is 3. The van der Waals surface area contributed by atoms with E-state index in [0.29, 0.717) is 6.42 Å². The van der Waals surface area contributed by atoms with Gasteiger partial charge in [0, 0.05) is 0 Å². The highest BCUT2D eigenvalue weighted by Crippen LogP contribution is 2.22. The summed E-state index contributed by atoms with van der Waals surface area (Å²) in [6, 6.07) is 1.56. The first-order valence-electron chi connectivity index (χ1n) is 5.70. The summed E-state index contributed by atoms with van der Waals surface area (Å²) in [7, 11) is 0. The molecule has 1 rings (SSSR count). The minimum atomic E-state index is -0.599. The maximum Gasteiger partial charge on any atom is 0.251 e. The van der Waals surface area contributed by atoms with Crippen LogP contribution in [-0.4, -0.2) is 11.9 Å². The monoisotopic (exact) mass is 235 g/mol. The molecule has 1 aromatic rings. The van der Waals surface area contributed by atoms with Gasteiger partial charge in [-0.3, -0.25) is 10.2 Å². The van der Waals surface area contributed by atoms with Crippen LogP contribution in [0.15, 0.2) is 6.07 Å². The van der Waals surface area contributed by atoms with Crippen molar-refractivity contribution in [2.24, 2.45) is 11.6 Å². The first kappa shape index (κ1) is 13.7.